The molecular formula is C28H28Cl2N2O5. The molecule has 0 radical (unpaired) electrons. The van der Waals surface area contributed by atoms with Crippen LogP contribution in [-0.4, -0.2) is 37.6 Å². The molecule has 0 aliphatic carbocycles. The predicted molar refractivity (Wildman–Crippen MR) is 144 cm³/mol. The molecule has 3 rings (SSSR count). The van der Waals surface area contributed by atoms with Crippen molar-refractivity contribution in [2.45, 2.75) is 32.4 Å². The van der Waals surface area contributed by atoms with Crippen molar-refractivity contribution in [3.63, 3.8) is 0 Å². The molecule has 0 fully saturated rings. The maximum absolute atomic E-state index is 12.8. The third-order valence-electron chi connectivity index (χ3n) is 5.62. The first-order valence-electron chi connectivity index (χ1n) is 11.7. The molecule has 0 aromatic heterocycles. The normalized spacial score (nSPS) is 11.4. The third-order valence-corrected chi connectivity index (χ3v) is 6.25. The van der Waals surface area contributed by atoms with Gasteiger partial charge in [0.2, 0.25) is 0 Å². The second kappa shape index (κ2) is 13.7. The number of hydrogen-bond acceptors (Lipinski definition) is 6. The van der Waals surface area contributed by atoms with Gasteiger partial charge in [-0.2, -0.15) is 0 Å². The molecule has 3 aromatic carbocycles. The zero-order valence-electron chi connectivity index (χ0n) is 20.6. The first-order chi connectivity index (χ1) is 17.8. The quantitative estimate of drug-likeness (QED) is 0.322. The van der Waals surface area contributed by atoms with Crippen LogP contribution in [0.5, 0.6) is 0 Å². The lowest BCUT2D eigenvalue weighted by atomic mass is 10.0. The van der Waals surface area contributed by atoms with E-state index in [0.717, 1.165) is 22.4 Å². The zero-order chi connectivity index (χ0) is 26.8. The summed E-state index contributed by atoms with van der Waals surface area (Å²) in [5.74, 6) is -1.41. The summed E-state index contributed by atoms with van der Waals surface area (Å²) in [7, 11) is 1.26. The summed E-state index contributed by atoms with van der Waals surface area (Å²) in [6.07, 6.45) is 0.424. The van der Waals surface area contributed by atoms with Crippen LogP contribution < -0.4 is 10.6 Å². The Morgan fingerprint density at radius 2 is 1.54 bits per heavy atom. The summed E-state index contributed by atoms with van der Waals surface area (Å²) in [5.41, 5.74) is 3.67. The number of carbonyl (C=O) groups is 3. The number of esters is 2. The van der Waals surface area contributed by atoms with Crippen LogP contribution in [-0.2, 0) is 38.4 Å². The molecule has 0 spiro atoms. The molecule has 1 atom stereocenters. The van der Waals surface area contributed by atoms with Crippen LogP contribution in [0.3, 0.4) is 0 Å². The number of methoxy groups -OCH3 is 1. The number of hydrogen-bond donors (Lipinski definition) is 2. The summed E-state index contributed by atoms with van der Waals surface area (Å²) in [6.45, 7) is 2.65. The zero-order valence-corrected chi connectivity index (χ0v) is 22.1. The number of halogens is 2. The molecule has 0 saturated carbocycles. The monoisotopic (exact) mass is 542 g/mol. The van der Waals surface area contributed by atoms with Gasteiger partial charge in [-0.15, -0.1) is 0 Å². The standard InChI is InChI=1S/C28H28Cl2N2O5/c1-3-37-25(33)16-19-7-4-5-8-20(19)17-31-21-13-11-18(12-14-21)15-24(28(35)36-2)32-27(34)26-22(29)9-6-10-23(26)30/h4-14,24,31H,3,15-17H2,1-2H3,(H,32,34). The topological polar surface area (TPSA) is 93.7 Å². The molecule has 2 N–H and O–H groups in total. The van der Waals surface area contributed by atoms with Crippen LogP contribution in [0.25, 0.3) is 0 Å². The Morgan fingerprint density at radius 1 is 0.892 bits per heavy atom. The lowest BCUT2D eigenvalue weighted by Gasteiger charge is -2.18. The van der Waals surface area contributed by atoms with Crippen molar-refractivity contribution < 1.29 is 23.9 Å². The van der Waals surface area contributed by atoms with E-state index in [0.29, 0.717) is 13.2 Å². The van der Waals surface area contributed by atoms with Gasteiger partial charge < -0.3 is 20.1 Å². The maximum Gasteiger partial charge on any atom is 0.328 e. The Labute approximate surface area is 226 Å². The lowest BCUT2D eigenvalue weighted by Crippen LogP contribution is -2.43. The van der Waals surface area contributed by atoms with Gasteiger partial charge in [-0.1, -0.05) is 65.7 Å². The van der Waals surface area contributed by atoms with E-state index in [1.54, 1.807) is 25.1 Å². The highest BCUT2D eigenvalue weighted by molar-refractivity contribution is 6.39. The number of amides is 1. The largest absolute Gasteiger partial charge is 0.467 e. The van der Waals surface area contributed by atoms with Crippen molar-refractivity contribution in [1.82, 2.24) is 5.32 Å². The van der Waals surface area contributed by atoms with Crippen LogP contribution >= 0.6 is 23.2 Å². The van der Waals surface area contributed by atoms with Gasteiger partial charge in [0.15, 0.2) is 0 Å². The predicted octanol–water partition coefficient (Wildman–Crippen LogP) is 5.23. The van der Waals surface area contributed by atoms with Gasteiger partial charge in [0, 0.05) is 18.7 Å². The Morgan fingerprint density at radius 3 is 2.16 bits per heavy atom. The third kappa shape index (κ3) is 7.97. The second-order valence-electron chi connectivity index (χ2n) is 8.15. The molecule has 3 aromatic rings. The van der Waals surface area contributed by atoms with Crippen molar-refractivity contribution in [2.75, 3.05) is 19.0 Å². The molecule has 0 saturated heterocycles. The minimum absolute atomic E-state index is 0.0996. The minimum Gasteiger partial charge on any atom is -0.467 e. The van der Waals surface area contributed by atoms with Crippen LogP contribution in [0.15, 0.2) is 66.7 Å². The van der Waals surface area contributed by atoms with Crippen molar-refractivity contribution in [1.29, 1.82) is 0 Å². The number of ether oxygens (including phenoxy) is 2. The highest BCUT2D eigenvalue weighted by Gasteiger charge is 2.25. The van der Waals surface area contributed by atoms with E-state index in [9.17, 15) is 14.4 Å². The molecule has 0 bridgehead atoms. The van der Waals surface area contributed by atoms with Gasteiger partial charge in [-0.25, -0.2) is 4.79 Å². The smallest absolute Gasteiger partial charge is 0.328 e. The molecule has 37 heavy (non-hydrogen) atoms. The number of rotatable bonds is 11. The van der Waals surface area contributed by atoms with E-state index in [1.807, 2.05) is 48.5 Å². The van der Waals surface area contributed by atoms with Crippen molar-refractivity contribution in [2.24, 2.45) is 0 Å². The lowest BCUT2D eigenvalue weighted by molar-refractivity contribution is -0.143. The average molecular weight is 543 g/mol. The van der Waals surface area contributed by atoms with Gasteiger partial charge >= 0.3 is 11.9 Å². The van der Waals surface area contributed by atoms with Crippen LogP contribution in [0, 0.1) is 0 Å². The molecule has 7 nitrogen and oxygen atoms in total. The number of benzene rings is 3. The summed E-state index contributed by atoms with van der Waals surface area (Å²) >= 11 is 12.3. The van der Waals surface area contributed by atoms with Gasteiger partial charge in [0.1, 0.15) is 6.04 Å². The van der Waals surface area contributed by atoms with Crippen LogP contribution in [0.4, 0.5) is 5.69 Å². The van der Waals surface area contributed by atoms with Gasteiger partial charge in [-0.05, 0) is 47.9 Å². The van der Waals surface area contributed by atoms with Crippen molar-refractivity contribution in [3.8, 4) is 0 Å². The van der Waals surface area contributed by atoms with E-state index in [2.05, 4.69) is 10.6 Å². The average Bonchev–Trinajstić information content (AvgIpc) is 2.88. The number of carbonyl (C=O) groups excluding carboxylic acids is 3. The van der Waals surface area contributed by atoms with Crippen molar-refractivity contribution in [3.05, 3.63) is 99.0 Å². The van der Waals surface area contributed by atoms with E-state index in [4.69, 9.17) is 32.7 Å². The molecule has 9 heteroatoms. The highest BCUT2D eigenvalue weighted by atomic mass is 35.5. The number of anilines is 1. The molecule has 0 heterocycles. The number of nitrogens with one attached hydrogen (secondary N) is 2. The van der Waals surface area contributed by atoms with Gasteiger partial charge in [0.25, 0.3) is 5.91 Å². The summed E-state index contributed by atoms with van der Waals surface area (Å²) in [4.78, 5) is 37.1. The fourth-order valence-corrected chi connectivity index (χ4v) is 4.31. The molecule has 0 aliphatic heterocycles. The Bertz CT molecular complexity index is 1230. The maximum atomic E-state index is 12.8. The molecular weight excluding hydrogens is 515 g/mol. The van der Waals surface area contributed by atoms with Crippen LogP contribution in [0.1, 0.15) is 34.0 Å². The van der Waals surface area contributed by atoms with E-state index < -0.39 is 17.9 Å². The minimum atomic E-state index is -0.932. The molecule has 1 amide bonds. The Balaban J connectivity index is 1.65. The summed E-state index contributed by atoms with van der Waals surface area (Å²) < 4.78 is 9.94. The summed E-state index contributed by atoms with van der Waals surface area (Å²) in [6, 6.07) is 19.0. The fourth-order valence-electron chi connectivity index (χ4n) is 3.74. The molecule has 194 valence electrons. The fraction of sp³-hybridized carbons (Fsp3) is 0.250. The van der Waals surface area contributed by atoms with E-state index >= 15 is 0 Å². The second-order valence-corrected chi connectivity index (χ2v) is 8.97. The Hall–Kier alpha value is -3.55. The van der Waals surface area contributed by atoms with E-state index in [1.165, 1.54) is 7.11 Å². The first kappa shape index (κ1) is 28.0. The summed E-state index contributed by atoms with van der Waals surface area (Å²) in [5, 5.41) is 6.39. The Kier molecular flexibility index (Phi) is 10.4. The highest BCUT2D eigenvalue weighted by Crippen LogP contribution is 2.24. The first-order valence-corrected chi connectivity index (χ1v) is 12.5. The SMILES string of the molecule is CCOC(=O)Cc1ccccc1CNc1ccc(CC(NC(=O)c2c(Cl)cccc2Cl)C(=O)OC)cc1. The van der Waals surface area contributed by atoms with Gasteiger partial charge in [0.05, 0.1) is 35.7 Å². The van der Waals surface area contributed by atoms with Crippen LogP contribution in [0.2, 0.25) is 10.0 Å². The molecule has 0 aliphatic rings. The van der Waals surface area contributed by atoms with Gasteiger partial charge in [-0.3, -0.25) is 9.59 Å². The van der Waals surface area contributed by atoms with E-state index in [-0.39, 0.29) is 34.4 Å². The molecule has 1 unspecified atom stereocenters. The van der Waals surface area contributed by atoms with Crippen molar-refractivity contribution >= 4 is 46.7 Å².